The summed E-state index contributed by atoms with van der Waals surface area (Å²) in [5.74, 6) is 0.0763. The molecule has 2 rings (SSSR count). The molecule has 0 atom stereocenters. The number of benzene rings is 1. The van der Waals surface area contributed by atoms with Crippen molar-refractivity contribution in [3.63, 3.8) is 0 Å². The molecule has 0 aliphatic heterocycles. The summed E-state index contributed by atoms with van der Waals surface area (Å²) in [5.41, 5.74) is -0.435. The molecule has 0 radical (unpaired) electrons. The third-order valence-corrected chi connectivity index (χ3v) is 3.23. The fourth-order valence-corrected chi connectivity index (χ4v) is 1.90. The molecule has 10 heteroatoms. The lowest BCUT2D eigenvalue weighted by Gasteiger charge is -2.04. The summed E-state index contributed by atoms with van der Waals surface area (Å²) in [4.78, 5) is 26.0. The van der Waals surface area contributed by atoms with E-state index in [1.807, 2.05) is 0 Å². The molecule has 1 heterocycles. The van der Waals surface area contributed by atoms with Crippen molar-refractivity contribution in [2.45, 2.75) is 13.5 Å². The van der Waals surface area contributed by atoms with E-state index in [1.165, 1.54) is 6.07 Å². The van der Waals surface area contributed by atoms with E-state index < -0.39 is 16.5 Å². The normalized spacial score (nSPS) is 10.4. The standard InChI is InChI=1S/C11H8Cl2N4O4/c1-5-15-9(21-16-5)4-14-11(18)6-2-7(12)10(13)8(3-6)17(19)20/h2-3H,4H2,1H3,(H,14,18). The van der Waals surface area contributed by atoms with Gasteiger partial charge in [0.1, 0.15) is 5.02 Å². The van der Waals surface area contributed by atoms with Crippen LogP contribution in [0.2, 0.25) is 10.0 Å². The fourth-order valence-electron chi connectivity index (χ4n) is 1.51. The molecule has 0 spiro atoms. The molecule has 0 fully saturated rings. The number of aryl methyl sites for hydroxylation is 1. The van der Waals surface area contributed by atoms with Crippen LogP contribution in [0.1, 0.15) is 22.1 Å². The molecule has 0 saturated carbocycles. The van der Waals surface area contributed by atoms with E-state index in [-0.39, 0.29) is 28.0 Å². The highest BCUT2D eigenvalue weighted by molar-refractivity contribution is 6.43. The van der Waals surface area contributed by atoms with Crippen LogP contribution in [0.3, 0.4) is 0 Å². The molecule has 0 unspecified atom stereocenters. The summed E-state index contributed by atoms with van der Waals surface area (Å²) in [6.45, 7) is 1.63. The Bertz CT molecular complexity index is 716. The third kappa shape index (κ3) is 3.47. The average molecular weight is 331 g/mol. The van der Waals surface area contributed by atoms with E-state index >= 15 is 0 Å². The van der Waals surface area contributed by atoms with Crippen molar-refractivity contribution in [3.05, 3.63) is 49.6 Å². The van der Waals surface area contributed by atoms with Gasteiger partial charge in [-0.3, -0.25) is 14.9 Å². The SMILES string of the molecule is Cc1noc(CNC(=O)c2cc(Cl)c(Cl)c([N+](=O)[O-])c2)n1. The molecule has 1 aromatic carbocycles. The van der Waals surface area contributed by atoms with Crippen LogP contribution in [0.15, 0.2) is 16.7 Å². The van der Waals surface area contributed by atoms with Crippen molar-refractivity contribution >= 4 is 34.8 Å². The topological polar surface area (TPSA) is 111 Å². The van der Waals surface area contributed by atoms with Crippen molar-refractivity contribution in [2.75, 3.05) is 0 Å². The maximum absolute atomic E-state index is 11.9. The molecular weight excluding hydrogens is 323 g/mol. The van der Waals surface area contributed by atoms with Crippen LogP contribution >= 0.6 is 23.2 Å². The molecule has 1 aromatic heterocycles. The smallest absolute Gasteiger partial charge is 0.290 e. The Balaban J connectivity index is 2.17. The molecule has 2 aromatic rings. The van der Waals surface area contributed by atoms with E-state index in [2.05, 4.69) is 15.5 Å². The van der Waals surface area contributed by atoms with Gasteiger partial charge in [-0.2, -0.15) is 4.98 Å². The molecule has 0 aliphatic carbocycles. The molecule has 0 bridgehead atoms. The third-order valence-electron chi connectivity index (χ3n) is 2.44. The highest BCUT2D eigenvalue weighted by atomic mass is 35.5. The summed E-state index contributed by atoms with van der Waals surface area (Å²) in [6.07, 6.45) is 0. The Morgan fingerprint density at radius 1 is 1.48 bits per heavy atom. The lowest BCUT2D eigenvalue weighted by Crippen LogP contribution is -2.23. The van der Waals surface area contributed by atoms with Gasteiger partial charge in [0, 0.05) is 11.6 Å². The maximum Gasteiger partial charge on any atom is 0.290 e. The van der Waals surface area contributed by atoms with Gasteiger partial charge in [-0.1, -0.05) is 28.4 Å². The number of halogens is 2. The van der Waals surface area contributed by atoms with E-state index in [0.29, 0.717) is 5.82 Å². The zero-order chi connectivity index (χ0) is 15.6. The number of hydrogen-bond donors (Lipinski definition) is 1. The van der Waals surface area contributed by atoms with Gasteiger partial charge in [-0.25, -0.2) is 0 Å². The van der Waals surface area contributed by atoms with Crippen molar-refractivity contribution in [1.29, 1.82) is 0 Å². The second-order valence-electron chi connectivity index (χ2n) is 3.97. The summed E-state index contributed by atoms with van der Waals surface area (Å²) in [7, 11) is 0. The van der Waals surface area contributed by atoms with E-state index in [0.717, 1.165) is 6.07 Å². The van der Waals surface area contributed by atoms with Crippen LogP contribution < -0.4 is 5.32 Å². The van der Waals surface area contributed by atoms with Crippen LogP contribution in [-0.4, -0.2) is 21.0 Å². The van der Waals surface area contributed by atoms with E-state index in [9.17, 15) is 14.9 Å². The van der Waals surface area contributed by atoms with Crippen LogP contribution in [-0.2, 0) is 6.54 Å². The minimum atomic E-state index is -0.716. The Morgan fingerprint density at radius 2 is 2.19 bits per heavy atom. The largest absolute Gasteiger partial charge is 0.343 e. The Kier molecular flexibility index (Phi) is 4.39. The zero-order valence-corrected chi connectivity index (χ0v) is 12.1. The number of amides is 1. The Morgan fingerprint density at radius 3 is 2.76 bits per heavy atom. The van der Waals surface area contributed by atoms with Gasteiger partial charge in [0.05, 0.1) is 16.5 Å². The summed E-state index contributed by atoms with van der Waals surface area (Å²) < 4.78 is 4.82. The predicted octanol–water partition coefficient (Wildman–Crippen LogP) is 2.52. The number of carbonyl (C=O) groups excluding carboxylic acids is 1. The summed E-state index contributed by atoms with van der Waals surface area (Å²) in [5, 5.41) is 16.6. The Labute approximate surface area is 128 Å². The molecule has 0 saturated heterocycles. The van der Waals surface area contributed by atoms with Crippen LogP contribution in [0.5, 0.6) is 0 Å². The van der Waals surface area contributed by atoms with Gasteiger partial charge in [0.25, 0.3) is 11.6 Å². The number of hydrogen-bond acceptors (Lipinski definition) is 6. The van der Waals surface area contributed by atoms with Crippen molar-refractivity contribution in [3.8, 4) is 0 Å². The number of rotatable bonds is 4. The average Bonchev–Trinajstić information content (AvgIpc) is 2.84. The number of nitrogens with zero attached hydrogens (tertiary/aromatic N) is 3. The minimum Gasteiger partial charge on any atom is -0.343 e. The summed E-state index contributed by atoms with van der Waals surface area (Å²) >= 11 is 11.5. The van der Waals surface area contributed by atoms with Crippen molar-refractivity contribution < 1.29 is 14.2 Å². The van der Waals surface area contributed by atoms with E-state index in [4.69, 9.17) is 27.7 Å². The highest BCUT2D eigenvalue weighted by Crippen LogP contribution is 2.33. The second-order valence-corrected chi connectivity index (χ2v) is 4.75. The summed E-state index contributed by atoms with van der Waals surface area (Å²) in [6, 6.07) is 2.29. The van der Waals surface area contributed by atoms with Crippen LogP contribution in [0.4, 0.5) is 5.69 Å². The van der Waals surface area contributed by atoms with Crippen molar-refractivity contribution in [1.82, 2.24) is 15.5 Å². The van der Waals surface area contributed by atoms with Gasteiger partial charge >= 0.3 is 0 Å². The zero-order valence-electron chi connectivity index (χ0n) is 10.6. The maximum atomic E-state index is 11.9. The molecule has 0 aliphatic rings. The number of nitro benzene ring substituents is 1. The van der Waals surface area contributed by atoms with Gasteiger partial charge < -0.3 is 9.84 Å². The first-order chi connectivity index (χ1) is 9.88. The van der Waals surface area contributed by atoms with Crippen molar-refractivity contribution in [2.24, 2.45) is 0 Å². The number of nitrogens with one attached hydrogen (secondary N) is 1. The lowest BCUT2D eigenvalue weighted by molar-refractivity contribution is -0.384. The lowest BCUT2D eigenvalue weighted by atomic mass is 10.2. The fraction of sp³-hybridized carbons (Fsp3) is 0.182. The predicted molar refractivity (Wildman–Crippen MR) is 73.3 cm³/mol. The first-order valence-electron chi connectivity index (χ1n) is 5.59. The minimum absolute atomic E-state index is 0.00623. The molecular formula is C11H8Cl2N4O4. The van der Waals surface area contributed by atoms with Gasteiger partial charge in [-0.05, 0) is 13.0 Å². The monoisotopic (exact) mass is 330 g/mol. The number of nitro groups is 1. The first-order valence-corrected chi connectivity index (χ1v) is 6.35. The van der Waals surface area contributed by atoms with Gasteiger partial charge in [0.15, 0.2) is 5.82 Å². The quantitative estimate of drug-likeness (QED) is 0.681. The molecule has 1 N–H and O–H groups in total. The first kappa shape index (κ1) is 15.2. The van der Waals surface area contributed by atoms with E-state index in [1.54, 1.807) is 6.92 Å². The van der Waals surface area contributed by atoms with Gasteiger partial charge in [-0.15, -0.1) is 0 Å². The number of aromatic nitrogens is 2. The molecule has 110 valence electrons. The highest BCUT2D eigenvalue weighted by Gasteiger charge is 2.20. The molecule has 1 amide bonds. The molecule has 8 nitrogen and oxygen atoms in total. The van der Waals surface area contributed by atoms with Gasteiger partial charge in [0.2, 0.25) is 5.89 Å². The molecule has 21 heavy (non-hydrogen) atoms. The second kappa shape index (κ2) is 6.06. The Hall–Kier alpha value is -2.19. The van der Waals surface area contributed by atoms with Crippen LogP contribution in [0, 0.1) is 17.0 Å². The van der Waals surface area contributed by atoms with Crippen LogP contribution in [0.25, 0.3) is 0 Å². The number of carbonyl (C=O) groups is 1.